The molecule has 0 saturated heterocycles. The molecule has 0 saturated carbocycles. The molecule has 0 fully saturated rings. The number of fused-ring (bicyclic) bond motifs is 1. The van der Waals surface area contributed by atoms with Crippen molar-refractivity contribution in [3.63, 3.8) is 0 Å². The molecule has 1 aromatic heterocycles. The lowest BCUT2D eigenvalue weighted by Crippen LogP contribution is -2.09. The Labute approximate surface area is 161 Å². The zero-order valence-electron chi connectivity index (χ0n) is 15.4. The highest BCUT2D eigenvalue weighted by Gasteiger charge is 2.16. The lowest BCUT2D eigenvalue weighted by atomic mass is 10.1. The molecule has 0 spiro atoms. The van der Waals surface area contributed by atoms with Gasteiger partial charge in [-0.2, -0.15) is 5.10 Å². The molecule has 0 aliphatic carbocycles. The van der Waals surface area contributed by atoms with Crippen LogP contribution in [0.1, 0.15) is 24.0 Å². The number of hydrogen-bond donors (Lipinski definition) is 2. The molecule has 1 aliphatic rings. The molecule has 4 rings (SSSR count). The number of carbonyl (C=O) groups excluding carboxylic acids is 1. The Morgan fingerprint density at radius 2 is 2.04 bits per heavy atom. The third-order valence-corrected chi connectivity index (χ3v) is 4.80. The second-order valence-electron chi connectivity index (χ2n) is 6.93. The largest absolute Gasteiger partial charge is 0.381 e. The molecule has 0 atom stereocenters. The van der Waals surface area contributed by atoms with Gasteiger partial charge in [0, 0.05) is 48.7 Å². The summed E-state index contributed by atoms with van der Waals surface area (Å²) in [6, 6.07) is 9.15. The van der Waals surface area contributed by atoms with Crippen LogP contribution in [0.3, 0.4) is 0 Å². The third-order valence-electron chi connectivity index (χ3n) is 4.80. The van der Waals surface area contributed by atoms with Gasteiger partial charge < -0.3 is 10.6 Å². The van der Waals surface area contributed by atoms with Crippen molar-refractivity contribution in [2.45, 2.75) is 25.8 Å². The third kappa shape index (κ3) is 3.74. The van der Waals surface area contributed by atoms with Gasteiger partial charge in [-0.3, -0.25) is 9.48 Å². The fraction of sp³-hybridized carbons (Fsp3) is 0.238. The summed E-state index contributed by atoms with van der Waals surface area (Å²) in [4.78, 5) is 11.7. The number of nitrogens with zero attached hydrogens (tertiary/aromatic N) is 2. The van der Waals surface area contributed by atoms with Crippen LogP contribution in [0.4, 0.5) is 20.2 Å². The highest BCUT2D eigenvalue weighted by molar-refractivity contribution is 5.92. The van der Waals surface area contributed by atoms with E-state index in [1.165, 1.54) is 0 Å². The van der Waals surface area contributed by atoms with E-state index in [2.05, 4.69) is 15.7 Å². The first-order valence-electron chi connectivity index (χ1n) is 9.14. The number of anilines is 2. The molecular formula is C21H20F2N4O. The van der Waals surface area contributed by atoms with Crippen molar-refractivity contribution >= 4 is 17.3 Å². The minimum absolute atomic E-state index is 0.0385. The molecule has 2 N–H and O–H groups in total. The molecule has 3 aromatic rings. The number of carbonyl (C=O) groups is 1. The Bertz CT molecular complexity index is 1040. The molecule has 1 amide bonds. The van der Waals surface area contributed by atoms with Gasteiger partial charge >= 0.3 is 0 Å². The molecular weight excluding hydrogens is 362 g/mol. The van der Waals surface area contributed by atoms with E-state index in [1.54, 1.807) is 17.9 Å². The Kier molecular flexibility index (Phi) is 4.81. The summed E-state index contributed by atoms with van der Waals surface area (Å²) in [6.07, 6.45) is 3.95. The Morgan fingerprint density at radius 1 is 1.18 bits per heavy atom. The minimum atomic E-state index is -0.512. The normalized spacial score (nSPS) is 13.6. The topological polar surface area (TPSA) is 59.0 Å². The number of hydrogen-bond acceptors (Lipinski definition) is 3. The van der Waals surface area contributed by atoms with E-state index in [9.17, 15) is 13.6 Å². The summed E-state index contributed by atoms with van der Waals surface area (Å²) in [7, 11) is 1.75. The average molecular weight is 382 g/mol. The predicted molar refractivity (Wildman–Crippen MR) is 104 cm³/mol. The fourth-order valence-corrected chi connectivity index (χ4v) is 3.45. The van der Waals surface area contributed by atoms with Gasteiger partial charge in [-0.1, -0.05) is 0 Å². The fourth-order valence-electron chi connectivity index (χ4n) is 3.45. The molecule has 0 unspecified atom stereocenters. The van der Waals surface area contributed by atoms with Gasteiger partial charge in [0.2, 0.25) is 5.91 Å². The highest BCUT2D eigenvalue weighted by atomic mass is 19.1. The number of aromatic nitrogens is 2. The number of aryl methyl sites for hydroxylation is 2. The number of benzene rings is 2. The van der Waals surface area contributed by atoms with E-state index in [-0.39, 0.29) is 11.5 Å². The first-order chi connectivity index (χ1) is 13.5. The maximum absolute atomic E-state index is 14.2. The monoisotopic (exact) mass is 382 g/mol. The van der Waals surface area contributed by atoms with Crippen LogP contribution < -0.4 is 10.6 Å². The van der Waals surface area contributed by atoms with Gasteiger partial charge in [0.05, 0.1) is 0 Å². The molecule has 0 bridgehead atoms. The molecule has 7 heteroatoms. The molecule has 2 aromatic carbocycles. The first kappa shape index (κ1) is 18.2. The van der Waals surface area contributed by atoms with Gasteiger partial charge in [0.15, 0.2) is 0 Å². The number of halogens is 2. The van der Waals surface area contributed by atoms with Crippen LogP contribution in [-0.4, -0.2) is 15.7 Å². The van der Waals surface area contributed by atoms with E-state index in [0.29, 0.717) is 18.7 Å². The van der Waals surface area contributed by atoms with Crippen molar-refractivity contribution in [2.24, 2.45) is 7.05 Å². The smallest absolute Gasteiger partial charge is 0.224 e. The van der Waals surface area contributed by atoms with Gasteiger partial charge in [-0.25, -0.2) is 8.78 Å². The summed E-state index contributed by atoms with van der Waals surface area (Å²) in [5.41, 5.74) is 4.13. The SMILES string of the molecule is Cn1cc(CNc2ccc3c(c2)CCCC(=O)N3)c(-c2cc(F)ccc2F)n1. The summed E-state index contributed by atoms with van der Waals surface area (Å²) < 4.78 is 29.4. The van der Waals surface area contributed by atoms with E-state index < -0.39 is 11.6 Å². The summed E-state index contributed by atoms with van der Waals surface area (Å²) in [6.45, 7) is 0.407. The van der Waals surface area contributed by atoms with Crippen molar-refractivity contribution < 1.29 is 13.6 Å². The maximum atomic E-state index is 14.2. The highest BCUT2D eigenvalue weighted by Crippen LogP contribution is 2.28. The van der Waals surface area contributed by atoms with Crippen molar-refractivity contribution in [1.29, 1.82) is 0 Å². The maximum Gasteiger partial charge on any atom is 0.224 e. The van der Waals surface area contributed by atoms with Crippen LogP contribution in [0.15, 0.2) is 42.6 Å². The van der Waals surface area contributed by atoms with Crippen molar-refractivity contribution in [3.05, 3.63) is 65.4 Å². The predicted octanol–water partition coefficient (Wildman–Crippen LogP) is 4.25. The second-order valence-corrected chi connectivity index (χ2v) is 6.93. The summed E-state index contributed by atoms with van der Waals surface area (Å²) >= 11 is 0. The van der Waals surface area contributed by atoms with Crippen molar-refractivity contribution in [3.8, 4) is 11.3 Å². The summed E-state index contributed by atoms with van der Waals surface area (Å²) in [5.74, 6) is -0.979. The first-order valence-corrected chi connectivity index (χ1v) is 9.14. The lowest BCUT2D eigenvalue weighted by Gasteiger charge is -2.11. The van der Waals surface area contributed by atoms with Gasteiger partial charge in [-0.05, 0) is 54.8 Å². The minimum Gasteiger partial charge on any atom is -0.381 e. The van der Waals surface area contributed by atoms with Crippen LogP contribution in [0, 0.1) is 11.6 Å². The molecule has 2 heterocycles. The van der Waals surface area contributed by atoms with Crippen LogP contribution in [-0.2, 0) is 24.8 Å². The van der Waals surface area contributed by atoms with Gasteiger partial charge in [-0.15, -0.1) is 0 Å². The van der Waals surface area contributed by atoms with Gasteiger partial charge in [0.1, 0.15) is 17.3 Å². The van der Waals surface area contributed by atoms with E-state index in [0.717, 1.165) is 53.5 Å². The quantitative estimate of drug-likeness (QED) is 0.709. The zero-order chi connectivity index (χ0) is 19.7. The van der Waals surface area contributed by atoms with Crippen molar-refractivity contribution in [2.75, 3.05) is 10.6 Å². The number of nitrogens with one attached hydrogen (secondary N) is 2. The lowest BCUT2D eigenvalue weighted by molar-refractivity contribution is -0.116. The average Bonchev–Trinajstić information content (AvgIpc) is 2.93. The number of amides is 1. The number of rotatable bonds is 4. The van der Waals surface area contributed by atoms with Crippen LogP contribution >= 0.6 is 0 Å². The van der Waals surface area contributed by atoms with E-state index >= 15 is 0 Å². The van der Waals surface area contributed by atoms with Crippen LogP contribution in [0.25, 0.3) is 11.3 Å². The zero-order valence-corrected chi connectivity index (χ0v) is 15.4. The molecule has 1 aliphatic heterocycles. The van der Waals surface area contributed by atoms with E-state index in [4.69, 9.17) is 0 Å². The molecule has 28 heavy (non-hydrogen) atoms. The molecule has 144 valence electrons. The Balaban J connectivity index is 1.57. The van der Waals surface area contributed by atoms with Crippen molar-refractivity contribution in [1.82, 2.24) is 9.78 Å². The second kappa shape index (κ2) is 7.42. The van der Waals surface area contributed by atoms with E-state index in [1.807, 2.05) is 18.2 Å². The Hall–Kier alpha value is -3.22. The molecule has 5 nitrogen and oxygen atoms in total. The standard InChI is InChI=1S/C21H20F2N4O/c1-27-12-14(21(26-27)17-10-15(22)5-7-18(17)23)11-24-16-6-8-19-13(9-16)3-2-4-20(28)25-19/h5-10,12,24H,2-4,11H2,1H3,(H,25,28). The Morgan fingerprint density at radius 3 is 2.89 bits per heavy atom. The van der Waals surface area contributed by atoms with Crippen LogP contribution in [0.5, 0.6) is 0 Å². The van der Waals surface area contributed by atoms with Crippen LogP contribution in [0.2, 0.25) is 0 Å². The van der Waals surface area contributed by atoms with Gasteiger partial charge in [0.25, 0.3) is 0 Å². The summed E-state index contributed by atoms with van der Waals surface area (Å²) in [5, 5.41) is 10.5. The molecule has 0 radical (unpaired) electrons.